The summed E-state index contributed by atoms with van der Waals surface area (Å²) in [6.45, 7) is 2.72. The molecule has 23 heavy (non-hydrogen) atoms. The van der Waals surface area contributed by atoms with E-state index < -0.39 is 0 Å². The zero-order chi connectivity index (χ0) is 15.8. The number of carbonyl (C=O) groups is 1. The Hall–Kier alpha value is -2.01. The number of H-pyrrole nitrogens is 1. The van der Waals surface area contributed by atoms with Crippen LogP contribution < -0.4 is 5.32 Å². The highest BCUT2D eigenvalue weighted by atomic mass is 16.2. The number of carbonyl (C=O) groups excluding carboxylic acids is 1. The maximum Gasteiger partial charge on any atom is 0.318 e. The number of nitrogens with one attached hydrogen (secondary N) is 2. The van der Waals surface area contributed by atoms with Gasteiger partial charge in [0, 0.05) is 36.9 Å². The van der Waals surface area contributed by atoms with E-state index in [1.165, 1.54) is 10.9 Å². The molecule has 1 aromatic carbocycles. The van der Waals surface area contributed by atoms with E-state index in [0.29, 0.717) is 18.6 Å². The van der Waals surface area contributed by atoms with E-state index in [0.717, 1.165) is 37.9 Å². The van der Waals surface area contributed by atoms with Crippen LogP contribution >= 0.6 is 0 Å². The van der Waals surface area contributed by atoms with Crippen molar-refractivity contribution in [1.82, 2.24) is 20.1 Å². The molecule has 2 aromatic rings. The molecule has 1 aromatic heterocycles. The average molecular weight is 312 g/mol. The van der Waals surface area contributed by atoms with Crippen LogP contribution in [-0.2, 0) is 6.54 Å². The number of aromatic nitrogens is 1. The number of amides is 2. The van der Waals surface area contributed by atoms with E-state index in [1.807, 2.05) is 11.1 Å². The number of urea groups is 1. The van der Waals surface area contributed by atoms with E-state index in [9.17, 15) is 4.79 Å². The minimum atomic E-state index is 0.0990. The van der Waals surface area contributed by atoms with E-state index in [1.54, 1.807) is 0 Å². The number of fused-ring (bicyclic) bond motifs is 1. The molecule has 0 radical (unpaired) electrons. The number of aromatic amines is 1. The maximum atomic E-state index is 12.7. The zero-order valence-electron chi connectivity index (χ0n) is 13.6. The van der Waals surface area contributed by atoms with Gasteiger partial charge < -0.3 is 20.1 Å². The second-order valence-corrected chi connectivity index (χ2v) is 6.96. The van der Waals surface area contributed by atoms with Crippen LogP contribution in [0.4, 0.5) is 4.79 Å². The standard InChI is InChI=1S/C18H24N4O/c1-21-9-7-15(12-21)20-18(23)22(16-3-4-16)11-13-2-5-17-14(10-13)6-8-19-17/h2,5-6,8,10,15-16,19H,3-4,7,9,11-12H2,1H3,(H,20,23). The second-order valence-electron chi connectivity index (χ2n) is 6.96. The summed E-state index contributed by atoms with van der Waals surface area (Å²) in [5.74, 6) is 0. The Morgan fingerprint density at radius 2 is 2.22 bits per heavy atom. The molecule has 0 spiro atoms. The molecule has 1 aliphatic carbocycles. The molecule has 0 bridgehead atoms. The van der Waals surface area contributed by atoms with Crippen LogP contribution in [0, 0.1) is 0 Å². The smallest absolute Gasteiger partial charge is 0.318 e. The van der Waals surface area contributed by atoms with Crippen molar-refractivity contribution in [2.24, 2.45) is 0 Å². The third kappa shape index (κ3) is 3.20. The van der Waals surface area contributed by atoms with E-state index in [4.69, 9.17) is 0 Å². The fraction of sp³-hybridized carbons (Fsp3) is 0.500. The number of likely N-dealkylation sites (N-methyl/N-ethyl adjacent to an activating group) is 1. The fourth-order valence-electron chi connectivity index (χ4n) is 3.46. The summed E-state index contributed by atoms with van der Waals surface area (Å²) in [5.41, 5.74) is 2.34. The van der Waals surface area contributed by atoms with Gasteiger partial charge in [0.25, 0.3) is 0 Å². The summed E-state index contributed by atoms with van der Waals surface area (Å²) in [6, 6.07) is 9.27. The molecular weight excluding hydrogens is 288 g/mol. The quantitative estimate of drug-likeness (QED) is 0.911. The predicted octanol–water partition coefficient (Wildman–Crippen LogP) is 2.55. The topological polar surface area (TPSA) is 51.4 Å². The lowest BCUT2D eigenvalue weighted by Crippen LogP contribution is -2.46. The van der Waals surface area contributed by atoms with Crippen LogP contribution in [0.2, 0.25) is 0 Å². The first-order valence-corrected chi connectivity index (χ1v) is 8.51. The Morgan fingerprint density at radius 1 is 1.35 bits per heavy atom. The van der Waals surface area contributed by atoms with Crippen molar-refractivity contribution in [1.29, 1.82) is 0 Å². The van der Waals surface area contributed by atoms with Crippen molar-refractivity contribution >= 4 is 16.9 Å². The minimum absolute atomic E-state index is 0.0990. The van der Waals surface area contributed by atoms with Gasteiger partial charge in [-0.15, -0.1) is 0 Å². The van der Waals surface area contributed by atoms with Gasteiger partial charge in [0.15, 0.2) is 0 Å². The van der Waals surface area contributed by atoms with E-state index in [-0.39, 0.29) is 6.03 Å². The number of hydrogen-bond donors (Lipinski definition) is 2. The zero-order valence-corrected chi connectivity index (χ0v) is 13.6. The first kappa shape index (κ1) is 14.6. The molecule has 1 aliphatic heterocycles. The molecule has 2 heterocycles. The molecule has 5 heteroatoms. The van der Waals surface area contributed by atoms with Gasteiger partial charge in [-0.05, 0) is 62.0 Å². The van der Waals surface area contributed by atoms with Crippen LogP contribution in [0.25, 0.3) is 10.9 Å². The molecule has 1 unspecified atom stereocenters. The van der Waals surface area contributed by atoms with Crippen molar-refractivity contribution in [2.45, 2.75) is 37.9 Å². The Labute approximate surface area is 136 Å². The van der Waals surface area contributed by atoms with Crippen molar-refractivity contribution < 1.29 is 4.79 Å². The summed E-state index contributed by atoms with van der Waals surface area (Å²) in [4.78, 5) is 20.2. The monoisotopic (exact) mass is 312 g/mol. The van der Waals surface area contributed by atoms with E-state index >= 15 is 0 Å². The third-order valence-electron chi connectivity index (χ3n) is 4.94. The summed E-state index contributed by atoms with van der Waals surface area (Å²) >= 11 is 0. The second kappa shape index (κ2) is 5.89. The van der Waals surface area contributed by atoms with Gasteiger partial charge in [-0.3, -0.25) is 0 Å². The lowest BCUT2D eigenvalue weighted by atomic mass is 10.1. The molecule has 2 fully saturated rings. The molecule has 1 saturated heterocycles. The number of nitrogens with zero attached hydrogens (tertiary/aromatic N) is 2. The predicted molar refractivity (Wildman–Crippen MR) is 91.3 cm³/mol. The highest BCUT2D eigenvalue weighted by Gasteiger charge is 2.34. The van der Waals surface area contributed by atoms with Crippen LogP contribution in [0.3, 0.4) is 0 Å². The molecule has 2 aliphatic rings. The molecule has 2 N–H and O–H groups in total. The third-order valence-corrected chi connectivity index (χ3v) is 4.94. The number of rotatable bonds is 4. The van der Waals surface area contributed by atoms with Crippen LogP contribution in [0.1, 0.15) is 24.8 Å². The van der Waals surface area contributed by atoms with Crippen molar-refractivity contribution in [3.8, 4) is 0 Å². The number of benzene rings is 1. The van der Waals surface area contributed by atoms with Gasteiger partial charge in [-0.25, -0.2) is 4.79 Å². The molecule has 122 valence electrons. The van der Waals surface area contributed by atoms with Crippen molar-refractivity contribution in [2.75, 3.05) is 20.1 Å². The molecule has 2 amide bonds. The minimum Gasteiger partial charge on any atom is -0.361 e. The highest BCUT2D eigenvalue weighted by Crippen LogP contribution is 2.29. The first-order chi connectivity index (χ1) is 11.2. The molecule has 5 nitrogen and oxygen atoms in total. The van der Waals surface area contributed by atoms with Gasteiger partial charge in [-0.2, -0.15) is 0 Å². The summed E-state index contributed by atoms with van der Waals surface area (Å²) in [5, 5.41) is 4.43. The van der Waals surface area contributed by atoms with Gasteiger partial charge in [0.1, 0.15) is 0 Å². The largest absolute Gasteiger partial charge is 0.361 e. The summed E-state index contributed by atoms with van der Waals surface area (Å²) in [7, 11) is 2.11. The molecular formula is C18H24N4O. The Kier molecular flexibility index (Phi) is 3.73. The van der Waals surface area contributed by atoms with Gasteiger partial charge >= 0.3 is 6.03 Å². The SMILES string of the molecule is CN1CCC(NC(=O)N(Cc2ccc3[nH]ccc3c2)C2CC2)C1. The summed E-state index contributed by atoms with van der Waals surface area (Å²) in [6.07, 6.45) is 5.27. The number of hydrogen-bond acceptors (Lipinski definition) is 2. The maximum absolute atomic E-state index is 12.7. The van der Waals surface area contributed by atoms with E-state index in [2.05, 4.69) is 46.5 Å². The first-order valence-electron chi connectivity index (χ1n) is 8.51. The van der Waals surface area contributed by atoms with Crippen LogP contribution in [-0.4, -0.2) is 53.0 Å². The highest BCUT2D eigenvalue weighted by molar-refractivity contribution is 5.80. The average Bonchev–Trinajstić information content (AvgIpc) is 3.13. The molecule has 4 rings (SSSR count). The lowest BCUT2D eigenvalue weighted by Gasteiger charge is -2.25. The Bertz CT molecular complexity index is 706. The van der Waals surface area contributed by atoms with Crippen LogP contribution in [0.5, 0.6) is 0 Å². The Morgan fingerprint density at radius 3 is 2.96 bits per heavy atom. The molecule has 1 atom stereocenters. The summed E-state index contributed by atoms with van der Waals surface area (Å²) < 4.78 is 0. The van der Waals surface area contributed by atoms with Crippen LogP contribution in [0.15, 0.2) is 30.5 Å². The fourth-order valence-corrected chi connectivity index (χ4v) is 3.46. The number of likely N-dealkylation sites (tertiary alicyclic amines) is 1. The lowest BCUT2D eigenvalue weighted by molar-refractivity contribution is 0.188. The van der Waals surface area contributed by atoms with Gasteiger partial charge in [-0.1, -0.05) is 6.07 Å². The van der Waals surface area contributed by atoms with Gasteiger partial charge in [0.2, 0.25) is 0 Å². The van der Waals surface area contributed by atoms with Crippen molar-refractivity contribution in [3.63, 3.8) is 0 Å². The van der Waals surface area contributed by atoms with Gasteiger partial charge in [0.05, 0.1) is 0 Å². The molecule has 1 saturated carbocycles. The normalized spacial score (nSPS) is 21.7. The Balaban J connectivity index is 1.45. The van der Waals surface area contributed by atoms with Crippen molar-refractivity contribution in [3.05, 3.63) is 36.0 Å².